The molecule has 1 aromatic carbocycles. The standard InChI is InChI=1S/C14H23ClN2O/c1-11(2)10-17(7-8-18-3)14-12(9-16)5-4-6-13(14)15/h4-6,11H,7-10,16H2,1-3H3. The van der Waals surface area contributed by atoms with Crippen LogP contribution in [-0.4, -0.2) is 26.8 Å². The van der Waals surface area contributed by atoms with Gasteiger partial charge in [-0.3, -0.25) is 0 Å². The van der Waals surface area contributed by atoms with Gasteiger partial charge < -0.3 is 15.4 Å². The molecule has 0 bridgehead atoms. The molecule has 0 amide bonds. The largest absolute Gasteiger partial charge is 0.383 e. The lowest BCUT2D eigenvalue weighted by molar-refractivity contribution is 0.204. The molecular weight excluding hydrogens is 248 g/mol. The van der Waals surface area contributed by atoms with E-state index in [0.29, 0.717) is 19.1 Å². The molecule has 102 valence electrons. The first kappa shape index (κ1) is 15.3. The Morgan fingerprint density at radius 2 is 2.11 bits per heavy atom. The maximum absolute atomic E-state index is 6.33. The van der Waals surface area contributed by atoms with Crippen molar-refractivity contribution in [3.8, 4) is 0 Å². The molecule has 0 aliphatic heterocycles. The van der Waals surface area contributed by atoms with E-state index in [0.717, 1.165) is 29.4 Å². The number of hydrogen-bond donors (Lipinski definition) is 1. The highest BCUT2D eigenvalue weighted by Gasteiger charge is 2.15. The SMILES string of the molecule is COCCN(CC(C)C)c1c(Cl)cccc1CN. The van der Waals surface area contributed by atoms with Crippen LogP contribution in [0, 0.1) is 5.92 Å². The van der Waals surface area contributed by atoms with E-state index in [-0.39, 0.29) is 0 Å². The van der Waals surface area contributed by atoms with Crippen molar-refractivity contribution < 1.29 is 4.74 Å². The predicted octanol–water partition coefficient (Wildman–Crippen LogP) is 2.91. The lowest BCUT2D eigenvalue weighted by Crippen LogP contribution is -2.32. The van der Waals surface area contributed by atoms with E-state index in [1.807, 2.05) is 18.2 Å². The first-order chi connectivity index (χ1) is 8.60. The minimum Gasteiger partial charge on any atom is -0.383 e. The molecule has 0 fully saturated rings. The molecule has 3 nitrogen and oxygen atoms in total. The smallest absolute Gasteiger partial charge is 0.0642 e. The Morgan fingerprint density at radius 3 is 2.67 bits per heavy atom. The fraction of sp³-hybridized carbons (Fsp3) is 0.571. The molecule has 0 unspecified atom stereocenters. The van der Waals surface area contributed by atoms with E-state index in [9.17, 15) is 0 Å². The van der Waals surface area contributed by atoms with E-state index >= 15 is 0 Å². The molecule has 0 saturated carbocycles. The molecule has 0 saturated heterocycles. The van der Waals surface area contributed by atoms with Crippen LogP contribution in [0.4, 0.5) is 5.69 Å². The van der Waals surface area contributed by atoms with Gasteiger partial charge in [0.1, 0.15) is 0 Å². The maximum atomic E-state index is 6.33. The van der Waals surface area contributed by atoms with Gasteiger partial charge >= 0.3 is 0 Å². The number of rotatable bonds is 7. The van der Waals surface area contributed by atoms with Crippen LogP contribution in [-0.2, 0) is 11.3 Å². The van der Waals surface area contributed by atoms with Gasteiger partial charge in [-0.15, -0.1) is 0 Å². The second-order valence-corrected chi connectivity index (χ2v) is 5.19. The number of benzene rings is 1. The summed E-state index contributed by atoms with van der Waals surface area (Å²) in [5.74, 6) is 0.559. The number of nitrogens with zero attached hydrogens (tertiary/aromatic N) is 1. The maximum Gasteiger partial charge on any atom is 0.0642 e. The van der Waals surface area contributed by atoms with Crippen LogP contribution >= 0.6 is 11.6 Å². The van der Waals surface area contributed by atoms with E-state index in [4.69, 9.17) is 22.1 Å². The van der Waals surface area contributed by atoms with E-state index in [1.54, 1.807) is 7.11 Å². The number of hydrogen-bond acceptors (Lipinski definition) is 3. The van der Waals surface area contributed by atoms with E-state index in [1.165, 1.54) is 0 Å². The average molecular weight is 271 g/mol. The molecule has 18 heavy (non-hydrogen) atoms. The van der Waals surface area contributed by atoms with Gasteiger partial charge in [-0.2, -0.15) is 0 Å². The van der Waals surface area contributed by atoms with Crippen LogP contribution in [0.5, 0.6) is 0 Å². The van der Waals surface area contributed by atoms with Crippen molar-refractivity contribution in [2.45, 2.75) is 20.4 Å². The Morgan fingerprint density at radius 1 is 1.39 bits per heavy atom. The van der Waals surface area contributed by atoms with Crippen LogP contribution in [0.25, 0.3) is 0 Å². The van der Waals surface area contributed by atoms with Crippen LogP contribution in [0.1, 0.15) is 19.4 Å². The van der Waals surface area contributed by atoms with Crippen molar-refractivity contribution in [2.24, 2.45) is 11.7 Å². The van der Waals surface area contributed by atoms with Crippen LogP contribution in [0.15, 0.2) is 18.2 Å². The van der Waals surface area contributed by atoms with Gasteiger partial charge in [0.25, 0.3) is 0 Å². The van der Waals surface area contributed by atoms with Crippen LogP contribution in [0.2, 0.25) is 5.02 Å². The third kappa shape index (κ3) is 4.16. The van der Waals surface area contributed by atoms with Crippen LogP contribution in [0.3, 0.4) is 0 Å². The lowest BCUT2D eigenvalue weighted by atomic mass is 10.1. The van der Waals surface area contributed by atoms with Gasteiger partial charge in [0.2, 0.25) is 0 Å². The molecule has 0 aromatic heterocycles. The Labute approximate surface area is 115 Å². The summed E-state index contributed by atoms with van der Waals surface area (Å²) in [4.78, 5) is 2.26. The molecule has 1 rings (SSSR count). The van der Waals surface area contributed by atoms with Crippen molar-refractivity contribution >= 4 is 17.3 Å². The third-order valence-corrected chi connectivity index (χ3v) is 3.06. The van der Waals surface area contributed by atoms with Gasteiger partial charge in [-0.25, -0.2) is 0 Å². The first-order valence-electron chi connectivity index (χ1n) is 6.31. The minimum atomic E-state index is 0.497. The van der Waals surface area contributed by atoms with Crippen molar-refractivity contribution in [1.82, 2.24) is 0 Å². The van der Waals surface area contributed by atoms with Gasteiger partial charge in [0, 0.05) is 26.7 Å². The first-order valence-corrected chi connectivity index (χ1v) is 6.69. The summed E-state index contributed by atoms with van der Waals surface area (Å²) in [7, 11) is 1.71. The van der Waals surface area contributed by atoms with Gasteiger partial charge in [-0.05, 0) is 17.5 Å². The highest BCUT2D eigenvalue weighted by Crippen LogP contribution is 2.30. The van der Waals surface area contributed by atoms with Crippen molar-refractivity contribution in [2.75, 3.05) is 31.7 Å². The number of ether oxygens (including phenoxy) is 1. The lowest BCUT2D eigenvalue weighted by Gasteiger charge is -2.29. The fourth-order valence-corrected chi connectivity index (χ4v) is 2.33. The summed E-state index contributed by atoms with van der Waals surface area (Å²) in [5, 5.41) is 0.759. The summed E-state index contributed by atoms with van der Waals surface area (Å²) in [5.41, 5.74) is 7.93. The number of methoxy groups -OCH3 is 1. The molecule has 0 radical (unpaired) electrons. The highest BCUT2D eigenvalue weighted by molar-refractivity contribution is 6.33. The Hall–Kier alpha value is -0.770. The predicted molar refractivity (Wildman–Crippen MR) is 78.3 cm³/mol. The zero-order chi connectivity index (χ0) is 13.5. The van der Waals surface area contributed by atoms with Gasteiger partial charge in [0.05, 0.1) is 17.3 Å². The molecule has 0 heterocycles. The summed E-state index contributed by atoms with van der Waals surface area (Å²) in [6.07, 6.45) is 0. The minimum absolute atomic E-state index is 0.497. The number of para-hydroxylation sites is 1. The van der Waals surface area contributed by atoms with Gasteiger partial charge in [-0.1, -0.05) is 37.6 Å². The molecule has 4 heteroatoms. The summed E-state index contributed by atoms with van der Waals surface area (Å²) in [6, 6.07) is 5.88. The molecular formula is C14H23ClN2O. The second-order valence-electron chi connectivity index (χ2n) is 4.78. The zero-order valence-corrected chi connectivity index (χ0v) is 12.2. The fourth-order valence-electron chi connectivity index (χ4n) is 2.02. The monoisotopic (exact) mass is 270 g/mol. The summed E-state index contributed by atoms with van der Waals surface area (Å²) >= 11 is 6.33. The zero-order valence-electron chi connectivity index (χ0n) is 11.4. The van der Waals surface area contributed by atoms with Gasteiger partial charge in [0.15, 0.2) is 0 Å². The molecule has 0 aliphatic rings. The Kier molecular flexibility index (Phi) is 6.47. The van der Waals surface area contributed by atoms with Crippen molar-refractivity contribution in [1.29, 1.82) is 0 Å². The normalized spacial score (nSPS) is 11.0. The summed E-state index contributed by atoms with van der Waals surface area (Å²) < 4.78 is 5.17. The highest BCUT2D eigenvalue weighted by atomic mass is 35.5. The summed E-state index contributed by atoms with van der Waals surface area (Å²) in [6.45, 7) is 7.34. The molecule has 2 N–H and O–H groups in total. The number of anilines is 1. The van der Waals surface area contributed by atoms with E-state index < -0.39 is 0 Å². The number of nitrogens with two attached hydrogens (primary N) is 1. The average Bonchev–Trinajstić information content (AvgIpc) is 2.34. The Bertz CT molecular complexity index is 369. The van der Waals surface area contributed by atoms with Crippen molar-refractivity contribution in [3.63, 3.8) is 0 Å². The number of halogens is 1. The van der Waals surface area contributed by atoms with E-state index in [2.05, 4.69) is 18.7 Å². The van der Waals surface area contributed by atoms with Crippen LogP contribution < -0.4 is 10.6 Å². The molecule has 0 atom stereocenters. The third-order valence-electron chi connectivity index (χ3n) is 2.76. The topological polar surface area (TPSA) is 38.5 Å². The molecule has 1 aromatic rings. The molecule has 0 aliphatic carbocycles. The second kappa shape index (κ2) is 7.62. The quantitative estimate of drug-likeness (QED) is 0.828. The Balaban J connectivity index is 3.02. The van der Waals surface area contributed by atoms with Crippen molar-refractivity contribution in [3.05, 3.63) is 28.8 Å². The molecule has 0 spiro atoms.